The number of hydrogen-bond acceptors (Lipinski definition) is 5. The summed E-state index contributed by atoms with van der Waals surface area (Å²) in [4.78, 5) is 44.0. The number of carbonyl (C=O) groups excluding carboxylic acids is 3. The van der Waals surface area contributed by atoms with Gasteiger partial charge in [-0.1, -0.05) is 49.4 Å². The molecule has 3 aliphatic rings. The van der Waals surface area contributed by atoms with Crippen molar-refractivity contribution < 1.29 is 24.6 Å². The molecule has 3 aliphatic heterocycles. The quantitative estimate of drug-likeness (QED) is 0.512. The predicted molar refractivity (Wildman–Crippen MR) is 149 cm³/mol. The fourth-order valence-electron chi connectivity index (χ4n) is 6.01. The van der Waals surface area contributed by atoms with Gasteiger partial charge < -0.3 is 24.9 Å². The second-order valence-corrected chi connectivity index (χ2v) is 10.6. The molecule has 0 saturated carbocycles. The maximum atomic E-state index is 13.6. The maximum absolute atomic E-state index is 13.6. The molecular weight excluding hydrogens is 494 g/mol. The van der Waals surface area contributed by atoms with Gasteiger partial charge in [0.15, 0.2) is 5.60 Å². The summed E-state index contributed by atoms with van der Waals surface area (Å²) in [7, 11) is 0. The largest absolute Gasteiger partial charge is 0.394 e. The zero-order valence-corrected chi connectivity index (χ0v) is 22.3. The molecule has 0 aromatic heterocycles. The van der Waals surface area contributed by atoms with Gasteiger partial charge in [0, 0.05) is 49.6 Å². The van der Waals surface area contributed by atoms with Crippen molar-refractivity contribution in [3.05, 3.63) is 84.0 Å². The van der Waals surface area contributed by atoms with Crippen molar-refractivity contribution in [3.8, 4) is 0 Å². The highest BCUT2D eigenvalue weighted by molar-refractivity contribution is 6.08. The van der Waals surface area contributed by atoms with E-state index >= 15 is 0 Å². The Balaban J connectivity index is 1.37. The van der Waals surface area contributed by atoms with Crippen LogP contribution in [-0.2, 0) is 33.0 Å². The van der Waals surface area contributed by atoms with Crippen LogP contribution in [-0.4, -0.2) is 58.6 Å². The second kappa shape index (κ2) is 10.8. The fraction of sp³-hybridized carbons (Fsp3) is 0.387. The Morgan fingerprint density at radius 1 is 1.21 bits per heavy atom. The Bertz CT molecular complexity index is 1340. The van der Waals surface area contributed by atoms with Crippen molar-refractivity contribution in [2.45, 2.75) is 50.8 Å². The van der Waals surface area contributed by atoms with Crippen LogP contribution in [0.2, 0.25) is 0 Å². The Morgan fingerprint density at radius 3 is 2.67 bits per heavy atom. The summed E-state index contributed by atoms with van der Waals surface area (Å²) in [5.41, 5.74) is 2.06. The molecule has 0 unspecified atom stereocenters. The third-order valence-electron chi connectivity index (χ3n) is 8.21. The number of amides is 3. The smallest absolute Gasteiger partial charge is 0.264 e. The summed E-state index contributed by atoms with van der Waals surface area (Å²) < 4.78 is 0. The van der Waals surface area contributed by atoms with Crippen LogP contribution >= 0.6 is 0 Å². The average Bonchev–Trinajstić information content (AvgIpc) is 3.47. The lowest BCUT2D eigenvalue weighted by molar-refractivity contribution is -0.139. The highest BCUT2D eigenvalue weighted by Gasteiger charge is 2.52. The van der Waals surface area contributed by atoms with Gasteiger partial charge in [-0.3, -0.25) is 14.4 Å². The lowest BCUT2D eigenvalue weighted by Gasteiger charge is -2.36. The highest BCUT2D eigenvalue weighted by atomic mass is 16.3. The maximum Gasteiger partial charge on any atom is 0.264 e. The van der Waals surface area contributed by atoms with Crippen LogP contribution < -0.4 is 9.80 Å². The number of hydrogen-bond donors (Lipinski definition) is 2. The van der Waals surface area contributed by atoms with Crippen LogP contribution in [0.1, 0.15) is 42.9 Å². The minimum Gasteiger partial charge on any atom is -0.394 e. The summed E-state index contributed by atoms with van der Waals surface area (Å²) in [5, 5.41) is 21.8. The van der Waals surface area contributed by atoms with Gasteiger partial charge in [-0.05, 0) is 42.2 Å². The molecule has 1 fully saturated rings. The molecule has 8 heteroatoms. The van der Waals surface area contributed by atoms with E-state index in [1.807, 2.05) is 30.3 Å². The zero-order valence-electron chi connectivity index (χ0n) is 22.3. The van der Waals surface area contributed by atoms with E-state index in [4.69, 9.17) is 0 Å². The molecule has 39 heavy (non-hydrogen) atoms. The number of anilines is 2. The molecular formula is C31H35N3O5. The summed E-state index contributed by atoms with van der Waals surface area (Å²) in [6, 6.07) is 13.0. The van der Waals surface area contributed by atoms with Gasteiger partial charge in [-0.2, -0.15) is 0 Å². The van der Waals surface area contributed by atoms with Crippen LogP contribution in [0.15, 0.2) is 67.3 Å². The van der Waals surface area contributed by atoms with Crippen molar-refractivity contribution in [1.29, 1.82) is 0 Å². The van der Waals surface area contributed by atoms with E-state index < -0.39 is 17.4 Å². The molecule has 3 amide bonds. The van der Waals surface area contributed by atoms with Gasteiger partial charge in [0.1, 0.15) is 0 Å². The Morgan fingerprint density at radius 2 is 1.97 bits per heavy atom. The average molecular weight is 530 g/mol. The standard InChI is InChI=1S/C31H35N3O5/c1-3-15-33-27-14-13-24(32-16-7-12-28(32)36)18-26(27)31(39,30(33)38)21(2)8-6-11-29(37)34-19-23-10-5-4-9-22(23)17-25(34)20-35/h3-6,8-10,13-14,18,21,25,35,39H,1,7,11-12,15-17,19-20H2,2H3/b8-6+/t21-,25+,31+/m1/s1. The first-order valence-corrected chi connectivity index (χ1v) is 13.5. The van der Waals surface area contributed by atoms with Crippen LogP contribution in [0.4, 0.5) is 11.4 Å². The van der Waals surface area contributed by atoms with Crippen LogP contribution in [0.25, 0.3) is 0 Å². The number of fused-ring (bicyclic) bond motifs is 2. The molecule has 0 bridgehead atoms. The number of carbonyl (C=O) groups is 3. The van der Waals surface area contributed by atoms with Crippen LogP contribution in [0.3, 0.4) is 0 Å². The van der Waals surface area contributed by atoms with E-state index in [2.05, 4.69) is 6.58 Å². The van der Waals surface area contributed by atoms with Crippen LogP contribution in [0, 0.1) is 5.92 Å². The second-order valence-electron chi connectivity index (χ2n) is 10.6. The van der Waals surface area contributed by atoms with Crippen molar-refractivity contribution in [3.63, 3.8) is 0 Å². The number of aliphatic hydroxyl groups excluding tert-OH is 1. The Hall–Kier alpha value is -3.75. The van der Waals surface area contributed by atoms with E-state index in [0.717, 1.165) is 17.5 Å². The number of benzene rings is 2. The van der Waals surface area contributed by atoms with Gasteiger partial charge in [0.2, 0.25) is 11.8 Å². The molecule has 0 aliphatic carbocycles. The van der Waals surface area contributed by atoms with Crippen molar-refractivity contribution in [1.82, 2.24) is 4.90 Å². The minimum atomic E-state index is -1.85. The van der Waals surface area contributed by atoms with Crippen molar-refractivity contribution in [2.24, 2.45) is 5.92 Å². The zero-order chi connectivity index (χ0) is 27.7. The molecule has 204 valence electrons. The molecule has 3 heterocycles. The van der Waals surface area contributed by atoms with Gasteiger partial charge in [-0.15, -0.1) is 6.58 Å². The summed E-state index contributed by atoms with van der Waals surface area (Å²) in [6.45, 7) is 6.67. The van der Waals surface area contributed by atoms with E-state index in [1.54, 1.807) is 47.1 Å². The number of rotatable bonds is 8. The van der Waals surface area contributed by atoms with E-state index in [-0.39, 0.29) is 37.4 Å². The summed E-state index contributed by atoms with van der Waals surface area (Å²) >= 11 is 0. The third-order valence-corrected chi connectivity index (χ3v) is 8.21. The Kier molecular flexibility index (Phi) is 7.42. The molecule has 3 atom stereocenters. The third kappa shape index (κ3) is 4.68. The normalized spacial score (nSPS) is 23.4. The summed E-state index contributed by atoms with van der Waals surface area (Å²) in [6.07, 6.45) is 6.94. The first-order chi connectivity index (χ1) is 18.8. The van der Waals surface area contributed by atoms with Crippen molar-refractivity contribution in [2.75, 3.05) is 29.5 Å². The SMILES string of the molecule is C=CCN1C(=O)[C@](O)([C@H](C)/C=C/CC(=O)N2Cc3ccccc3C[C@H]2CO)c2cc(N3CCCC3=O)ccc21. The van der Waals surface area contributed by atoms with Crippen LogP contribution in [0.5, 0.6) is 0 Å². The summed E-state index contributed by atoms with van der Waals surface area (Å²) in [5.74, 6) is -1.20. The first kappa shape index (κ1) is 26.8. The molecule has 0 spiro atoms. The molecule has 2 aromatic rings. The molecule has 2 N–H and O–H groups in total. The fourth-order valence-corrected chi connectivity index (χ4v) is 6.01. The molecule has 1 saturated heterocycles. The predicted octanol–water partition coefficient (Wildman–Crippen LogP) is 3.06. The van der Waals surface area contributed by atoms with Gasteiger partial charge in [0.25, 0.3) is 5.91 Å². The molecule has 0 radical (unpaired) electrons. The van der Waals surface area contributed by atoms with Gasteiger partial charge in [0.05, 0.1) is 18.3 Å². The lowest BCUT2D eigenvalue weighted by atomic mass is 9.82. The van der Waals surface area contributed by atoms with E-state index in [9.17, 15) is 24.6 Å². The first-order valence-electron chi connectivity index (χ1n) is 13.5. The molecule has 8 nitrogen and oxygen atoms in total. The van der Waals surface area contributed by atoms with Gasteiger partial charge in [-0.25, -0.2) is 0 Å². The highest BCUT2D eigenvalue weighted by Crippen LogP contribution is 2.47. The van der Waals surface area contributed by atoms with E-state index in [0.29, 0.717) is 42.9 Å². The topological polar surface area (TPSA) is 101 Å². The minimum absolute atomic E-state index is 0.0266. The van der Waals surface area contributed by atoms with Gasteiger partial charge >= 0.3 is 0 Å². The number of nitrogens with zero attached hydrogens (tertiary/aromatic N) is 3. The van der Waals surface area contributed by atoms with Crippen molar-refractivity contribution >= 4 is 29.1 Å². The number of aliphatic hydroxyl groups is 2. The van der Waals surface area contributed by atoms with E-state index in [1.165, 1.54) is 4.90 Å². The molecule has 2 aromatic carbocycles. The lowest BCUT2D eigenvalue weighted by Crippen LogP contribution is -2.46. The Labute approximate surface area is 228 Å². The monoisotopic (exact) mass is 529 g/mol. The molecule has 5 rings (SSSR count).